The minimum Gasteiger partial charge on any atom is -0.398 e. The van der Waals surface area contributed by atoms with Crippen molar-refractivity contribution in [3.8, 4) is 0 Å². The average molecular weight is 292 g/mol. The van der Waals surface area contributed by atoms with Crippen molar-refractivity contribution in [3.05, 3.63) is 53.7 Å². The summed E-state index contributed by atoms with van der Waals surface area (Å²) in [6.45, 7) is 0. The Morgan fingerprint density at radius 3 is 2.41 bits per heavy atom. The maximum Gasteiger partial charge on any atom is 0.267 e. The summed E-state index contributed by atoms with van der Waals surface area (Å²) in [7, 11) is 1.73. The number of anilines is 2. The molecule has 4 rings (SSSR count). The fraction of sp³-hybridized carbons (Fsp3) is 0.0625. The number of nitrogens with two attached hydrogens (primary N) is 1. The number of aryl methyl sites for hydroxylation is 1. The maximum absolute atomic E-state index is 12.7. The Hall–Kier alpha value is -3.15. The molecular weight excluding hydrogens is 280 g/mol. The molecule has 108 valence electrons. The van der Waals surface area contributed by atoms with Gasteiger partial charge in [0, 0.05) is 46.9 Å². The summed E-state index contributed by atoms with van der Waals surface area (Å²) in [4.78, 5) is 26.6. The Balaban J connectivity index is 2.03. The summed E-state index contributed by atoms with van der Waals surface area (Å²) in [5, 5.41) is 5.50. The average Bonchev–Trinajstić information content (AvgIpc) is 2.92. The molecule has 0 saturated carbocycles. The highest BCUT2D eigenvalue weighted by molar-refractivity contribution is 6.36. The molecule has 2 heterocycles. The van der Waals surface area contributed by atoms with Crippen molar-refractivity contribution in [3.63, 3.8) is 0 Å². The van der Waals surface area contributed by atoms with E-state index in [2.05, 4.69) is 5.10 Å². The molecular formula is C16H12N4O2. The molecule has 0 spiro atoms. The summed E-state index contributed by atoms with van der Waals surface area (Å²) in [5.74, 6) is -0.447. The summed E-state index contributed by atoms with van der Waals surface area (Å²) in [6.07, 6.45) is 1.69. The van der Waals surface area contributed by atoms with Gasteiger partial charge in [0.15, 0.2) is 5.82 Å². The van der Waals surface area contributed by atoms with Crippen molar-refractivity contribution >= 4 is 34.1 Å². The number of nitrogens with zero attached hydrogens (tertiary/aromatic N) is 3. The van der Waals surface area contributed by atoms with Gasteiger partial charge < -0.3 is 5.73 Å². The van der Waals surface area contributed by atoms with Gasteiger partial charge in [0.05, 0.1) is 0 Å². The predicted molar refractivity (Wildman–Crippen MR) is 82.7 cm³/mol. The van der Waals surface area contributed by atoms with Crippen LogP contribution in [0.5, 0.6) is 0 Å². The maximum atomic E-state index is 12.7. The van der Waals surface area contributed by atoms with Crippen LogP contribution in [0.3, 0.4) is 0 Å². The van der Waals surface area contributed by atoms with E-state index in [0.717, 1.165) is 10.3 Å². The second kappa shape index (κ2) is 4.17. The molecule has 2 aromatic carbocycles. The molecule has 2 amide bonds. The standard InChI is InChI=1S/C16H12N4O2/c1-19-8-7-13(18-19)20-15(21)10-4-2-3-9-12(17)6-5-11(14(9)10)16(20)22/h2-8H,17H2,1H3. The van der Waals surface area contributed by atoms with Gasteiger partial charge in [-0.3, -0.25) is 14.3 Å². The van der Waals surface area contributed by atoms with Crippen LogP contribution in [-0.2, 0) is 7.05 Å². The van der Waals surface area contributed by atoms with E-state index in [9.17, 15) is 9.59 Å². The first-order valence-corrected chi connectivity index (χ1v) is 6.77. The van der Waals surface area contributed by atoms with Gasteiger partial charge in [-0.25, -0.2) is 4.90 Å². The van der Waals surface area contributed by atoms with E-state index in [1.54, 1.807) is 48.3 Å². The second-order valence-corrected chi connectivity index (χ2v) is 5.22. The van der Waals surface area contributed by atoms with E-state index in [0.29, 0.717) is 28.0 Å². The van der Waals surface area contributed by atoms with Gasteiger partial charge in [0.1, 0.15) is 0 Å². The topological polar surface area (TPSA) is 81.2 Å². The van der Waals surface area contributed by atoms with Crippen LogP contribution in [-0.4, -0.2) is 21.6 Å². The molecule has 2 N–H and O–H groups in total. The van der Waals surface area contributed by atoms with Crippen LogP contribution >= 0.6 is 0 Å². The fourth-order valence-electron chi connectivity index (χ4n) is 2.85. The van der Waals surface area contributed by atoms with E-state index in [1.807, 2.05) is 6.07 Å². The molecule has 6 nitrogen and oxygen atoms in total. The summed E-state index contributed by atoms with van der Waals surface area (Å²) >= 11 is 0. The molecule has 0 saturated heterocycles. The molecule has 0 fully saturated rings. The van der Waals surface area contributed by atoms with Gasteiger partial charge in [-0.1, -0.05) is 12.1 Å². The highest BCUT2D eigenvalue weighted by Gasteiger charge is 2.35. The lowest BCUT2D eigenvalue weighted by Gasteiger charge is -2.25. The summed E-state index contributed by atoms with van der Waals surface area (Å²) in [6, 6.07) is 10.3. The Kier molecular flexibility index (Phi) is 2.39. The molecule has 0 bridgehead atoms. The first-order chi connectivity index (χ1) is 10.6. The van der Waals surface area contributed by atoms with Gasteiger partial charge in [-0.05, 0) is 18.2 Å². The first-order valence-electron chi connectivity index (χ1n) is 6.77. The van der Waals surface area contributed by atoms with Crippen molar-refractivity contribution in [1.82, 2.24) is 9.78 Å². The van der Waals surface area contributed by atoms with Crippen molar-refractivity contribution < 1.29 is 9.59 Å². The highest BCUT2D eigenvalue weighted by atomic mass is 16.2. The van der Waals surface area contributed by atoms with Gasteiger partial charge in [-0.2, -0.15) is 5.10 Å². The van der Waals surface area contributed by atoms with Gasteiger partial charge in [-0.15, -0.1) is 0 Å². The number of rotatable bonds is 1. The number of nitrogen functional groups attached to an aromatic ring is 1. The minimum atomic E-state index is -0.382. The molecule has 0 unspecified atom stereocenters. The van der Waals surface area contributed by atoms with E-state index >= 15 is 0 Å². The van der Waals surface area contributed by atoms with Crippen LogP contribution in [0.1, 0.15) is 20.7 Å². The molecule has 0 aliphatic carbocycles. The lowest BCUT2D eigenvalue weighted by Crippen LogP contribution is -2.40. The van der Waals surface area contributed by atoms with Gasteiger partial charge >= 0.3 is 0 Å². The molecule has 1 aliphatic rings. The zero-order valence-electron chi connectivity index (χ0n) is 11.8. The summed E-state index contributed by atoms with van der Waals surface area (Å²) < 4.78 is 1.55. The van der Waals surface area contributed by atoms with Gasteiger partial charge in [0.2, 0.25) is 0 Å². The number of imide groups is 1. The molecule has 1 aromatic heterocycles. The lowest BCUT2D eigenvalue weighted by atomic mass is 9.93. The Morgan fingerprint density at radius 1 is 1.00 bits per heavy atom. The third-order valence-corrected chi connectivity index (χ3v) is 3.87. The molecule has 3 aromatic rings. The summed E-state index contributed by atoms with van der Waals surface area (Å²) in [5.41, 5.74) is 7.44. The number of benzene rings is 2. The van der Waals surface area contributed by atoms with Gasteiger partial charge in [0.25, 0.3) is 11.8 Å². The van der Waals surface area contributed by atoms with Crippen LogP contribution in [0.2, 0.25) is 0 Å². The fourth-order valence-corrected chi connectivity index (χ4v) is 2.85. The minimum absolute atomic E-state index is 0.317. The SMILES string of the molecule is Cn1ccc(N2C(=O)c3cccc4c(N)ccc(c34)C2=O)n1. The van der Waals surface area contributed by atoms with Crippen LogP contribution in [0.15, 0.2) is 42.6 Å². The van der Waals surface area contributed by atoms with Crippen molar-refractivity contribution in [2.24, 2.45) is 7.05 Å². The van der Waals surface area contributed by atoms with Crippen molar-refractivity contribution in [1.29, 1.82) is 0 Å². The van der Waals surface area contributed by atoms with Crippen LogP contribution < -0.4 is 10.6 Å². The monoisotopic (exact) mass is 292 g/mol. The lowest BCUT2D eigenvalue weighted by molar-refractivity contribution is 0.0892. The number of hydrogen-bond acceptors (Lipinski definition) is 4. The van der Waals surface area contributed by atoms with Crippen LogP contribution in [0.25, 0.3) is 10.8 Å². The third-order valence-electron chi connectivity index (χ3n) is 3.87. The van der Waals surface area contributed by atoms with E-state index in [1.165, 1.54) is 0 Å². The highest BCUT2D eigenvalue weighted by Crippen LogP contribution is 2.34. The first kappa shape index (κ1) is 12.6. The number of hydrogen-bond donors (Lipinski definition) is 1. The molecule has 0 atom stereocenters. The van der Waals surface area contributed by atoms with Crippen molar-refractivity contribution in [2.75, 3.05) is 10.6 Å². The normalized spacial score (nSPS) is 14.0. The Bertz CT molecular complexity index is 936. The zero-order valence-corrected chi connectivity index (χ0v) is 11.8. The quantitative estimate of drug-likeness (QED) is 0.549. The number of aromatic nitrogens is 2. The van der Waals surface area contributed by atoms with E-state index in [4.69, 9.17) is 5.73 Å². The number of carbonyl (C=O) groups is 2. The largest absolute Gasteiger partial charge is 0.398 e. The second-order valence-electron chi connectivity index (χ2n) is 5.22. The Morgan fingerprint density at radius 2 is 1.73 bits per heavy atom. The van der Waals surface area contributed by atoms with E-state index in [-0.39, 0.29) is 11.8 Å². The van der Waals surface area contributed by atoms with Crippen LogP contribution in [0, 0.1) is 0 Å². The molecule has 1 aliphatic heterocycles. The predicted octanol–water partition coefficient (Wildman–Crippen LogP) is 1.96. The number of amides is 2. The third kappa shape index (κ3) is 1.52. The van der Waals surface area contributed by atoms with Crippen LogP contribution in [0.4, 0.5) is 11.5 Å². The van der Waals surface area contributed by atoms with E-state index < -0.39 is 0 Å². The molecule has 0 radical (unpaired) electrons. The van der Waals surface area contributed by atoms with Crippen molar-refractivity contribution in [2.45, 2.75) is 0 Å². The number of carbonyl (C=O) groups excluding carboxylic acids is 2. The Labute approximate surface area is 125 Å². The smallest absolute Gasteiger partial charge is 0.267 e. The molecule has 6 heteroatoms. The zero-order chi connectivity index (χ0) is 15.4. The molecule has 22 heavy (non-hydrogen) atoms.